The van der Waals surface area contributed by atoms with Crippen molar-refractivity contribution >= 4 is 11.4 Å². The Morgan fingerprint density at radius 2 is 1.79 bits per heavy atom. The summed E-state index contributed by atoms with van der Waals surface area (Å²) in [5.74, 6) is 0.550. The topological polar surface area (TPSA) is 41.6 Å². The van der Waals surface area contributed by atoms with Crippen LogP contribution in [0.2, 0.25) is 0 Å². The van der Waals surface area contributed by atoms with Crippen LogP contribution in [0.4, 0.5) is 5.69 Å². The molecule has 3 nitrogen and oxygen atoms in total. The molecule has 3 rings (SSSR count). The van der Waals surface area contributed by atoms with Crippen molar-refractivity contribution in [3.05, 3.63) is 64.7 Å². The Morgan fingerprint density at radius 3 is 2.38 bits per heavy atom. The minimum Gasteiger partial charge on any atom is -0.325 e. The minimum absolute atomic E-state index is 0.229. The fourth-order valence-corrected chi connectivity index (χ4v) is 3.16. The Bertz CT molecular complexity index is 744. The smallest absolute Gasteiger partial charge is 0.0828 e. The van der Waals surface area contributed by atoms with Gasteiger partial charge in [0.25, 0.3) is 0 Å². The van der Waals surface area contributed by atoms with E-state index in [0.29, 0.717) is 12.5 Å². The molecule has 1 aliphatic rings. The number of nitrogens with zero attached hydrogens (tertiary/aromatic N) is 2. The summed E-state index contributed by atoms with van der Waals surface area (Å²) in [5, 5.41) is 6.93. The monoisotopic (exact) mass is 321 g/mol. The summed E-state index contributed by atoms with van der Waals surface area (Å²) in [6.07, 6.45) is 0.893. The van der Waals surface area contributed by atoms with Crippen LogP contribution >= 0.6 is 0 Å². The molecule has 1 heterocycles. The van der Waals surface area contributed by atoms with Crippen molar-refractivity contribution in [1.29, 1.82) is 0 Å². The van der Waals surface area contributed by atoms with Crippen LogP contribution in [-0.4, -0.2) is 12.3 Å². The van der Waals surface area contributed by atoms with E-state index in [1.807, 2.05) is 0 Å². The van der Waals surface area contributed by atoms with Crippen molar-refractivity contribution < 1.29 is 0 Å². The first-order valence-corrected chi connectivity index (χ1v) is 8.72. The van der Waals surface area contributed by atoms with Gasteiger partial charge in [-0.2, -0.15) is 5.10 Å². The highest BCUT2D eigenvalue weighted by atomic mass is 15.5. The molecule has 2 aromatic rings. The van der Waals surface area contributed by atoms with Gasteiger partial charge in [0.05, 0.1) is 17.4 Å². The summed E-state index contributed by atoms with van der Waals surface area (Å²) < 4.78 is 0. The predicted octanol–water partition coefficient (Wildman–Crippen LogP) is 4.69. The lowest BCUT2D eigenvalue weighted by Gasteiger charge is -2.25. The Labute approximate surface area is 145 Å². The van der Waals surface area contributed by atoms with Gasteiger partial charge in [-0.25, -0.2) is 0 Å². The van der Waals surface area contributed by atoms with Gasteiger partial charge < -0.3 is 5.73 Å². The van der Waals surface area contributed by atoms with Crippen molar-refractivity contribution in [1.82, 2.24) is 0 Å². The molecule has 0 amide bonds. The molecular weight excluding hydrogens is 294 g/mol. The fraction of sp³-hybridized carbons (Fsp3) is 0.381. The first-order valence-electron chi connectivity index (χ1n) is 8.72. The van der Waals surface area contributed by atoms with Crippen LogP contribution in [0, 0.1) is 13.8 Å². The molecule has 3 heteroatoms. The molecule has 0 spiro atoms. The van der Waals surface area contributed by atoms with Crippen molar-refractivity contribution in [3.63, 3.8) is 0 Å². The summed E-state index contributed by atoms with van der Waals surface area (Å²) in [4.78, 5) is 0. The highest BCUT2D eigenvalue weighted by Gasteiger charge is 2.28. The van der Waals surface area contributed by atoms with Gasteiger partial charge in [-0.15, -0.1) is 0 Å². The molecule has 0 radical (unpaired) electrons. The lowest BCUT2D eigenvalue weighted by atomic mass is 9.96. The van der Waals surface area contributed by atoms with Crippen LogP contribution in [-0.2, 0) is 0 Å². The van der Waals surface area contributed by atoms with E-state index in [1.54, 1.807) is 0 Å². The fourth-order valence-electron chi connectivity index (χ4n) is 3.16. The average Bonchev–Trinajstić information content (AvgIpc) is 3.02. The number of anilines is 1. The molecule has 1 atom stereocenters. The van der Waals surface area contributed by atoms with Gasteiger partial charge in [0.15, 0.2) is 0 Å². The van der Waals surface area contributed by atoms with Gasteiger partial charge in [-0.05, 0) is 54.2 Å². The zero-order valence-corrected chi connectivity index (χ0v) is 15.1. The van der Waals surface area contributed by atoms with E-state index in [2.05, 4.69) is 75.2 Å². The van der Waals surface area contributed by atoms with Crippen LogP contribution in [0.15, 0.2) is 47.6 Å². The van der Waals surface area contributed by atoms with Gasteiger partial charge >= 0.3 is 0 Å². The maximum absolute atomic E-state index is 5.87. The second-order valence-corrected chi connectivity index (χ2v) is 7.02. The lowest BCUT2D eigenvalue weighted by Crippen LogP contribution is -2.19. The average molecular weight is 321 g/mol. The Morgan fingerprint density at radius 1 is 1.08 bits per heavy atom. The Hall–Kier alpha value is -2.13. The molecule has 0 bridgehead atoms. The largest absolute Gasteiger partial charge is 0.325 e. The summed E-state index contributed by atoms with van der Waals surface area (Å²) in [6.45, 7) is 9.25. The third-order valence-electron chi connectivity index (χ3n) is 4.95. The second-order valence-electron chi connectivity index (χ2n) is 7.02. The van der Waals surface area contributed by atoms with E-state index >= 15 is 0 Å². The number of hydrogen-bond donors (Lipinski definition) is 1. The third kappa shape index (κ3) is 3.22. The molecule has 0 aliphatic carbocycles. The van der Waals surface area contributed by atoms with Crippen molar-refractivity contribution in [3.8, 4) is 0 Å². The lowest BCUT2D eigenvalue weighted by molar-refractivity contribution is 0.706. The van der Waals surface area contributed by atoms with Crippen LogP contribution < -0.4 is 10.7 Å². The summed E-state index contributed by atoms with van der Waals surface area (Å²) in [7, 11) is 0. The molecule has 1 aliphatic heterocycles. The van der Waals surface area contributed by atoms with Crippen molar-refractivity contribution in [2.45, 2.75) is 46.1 Å². The van der Waals surface area contributed by atoms with Crippen LogP contribution in [0.5, 0.6) is 0 Å². The van der Waals surface area contributed by atoms with Gasteiger partial charge in [0, 0.05) is 13.0 Å². The van der Waals surface area contributed by atoms with E-state index in [-0.39, 0.29) is 6.04 Å². The third-order valence-corrected chi connectivity index (χ3v) is 4.95. The van der Waals surface area contributed by atoms with Gasteiger partial charge in [0.2, 0.25) is 0 Å². The molecule has 2 N–H and O–H groups in total. The highest BCUT2D eigenvalue weighted by molar-refractivity contribution is 5.90. The summed E-state index contributed by atoms with van der Waals surface area (Å²) in [5.41, 5.74) is 13.3. The number of hydrazone groups is 1. The van der Waals surface area contributed by atoms with Gasteiger partial charge in [0.1, 0.15) is 0 Å². The Kier molecular flexibility index (Phi) is 4.72. The SMILES string of the molecule is Cc1ccc(N2N=C(CN)CC2c2ccc(C(C)C)cc2)cc1C. The summed E-state index contributed by atoms with van der Waals surface area (Å²) in [6, 6.07) is 15.7. The van der Waals surface area contributed by atoms with E-state index in [9.17, 15) is 0 Å². The first kappa shape index (κ1) is 16.7. The maximum Gasteiger partial charge on any atom is 0.0828 e. The van der Waals surface area contributed by atoms with E-state index < -0.39 is 0 Å². The van der Waals surface area contributed by atoms with Crippen molar-refractivity contribution in [2.75, 3.05) is 11.6 Å². The molecule has 1 unspecified atom stereocenters. The predicted molar refractivity (Wildman–Crippen MR) is 103 cm³/mol. The maximum atomic E-state index is 5.87. The number of aryl methyl sites for hydroxylation is 2. The first-order chi connectivity index (χ1) is 11.5. The molecule has 0 fully saturated rings. The second kappa shape index (κ2) is 6.78. The van der Waals surface area contributed by atoms with Gasteiger partial charge in [-0.3, -0.25) is 5.01 Å². The van der Waals surface area contributed by atoms with Crippen LogP contribution in [0.3, 0.4) is 0 Å². The van der Waals surface area contributed by atoms with Crippen LogP contribution in [0.25, 0.3) is 0 Å². The molecular formula is C21H27N3. The zero-order valence-electron chi connectivity index (χ0n) is 15.1. The van der Waals surface area contributed by atoms with Crippen molar-refractivity contribution in [2.24, 2.45) is 10.8 Å². The highest BCUT2D eigenvalue weighted by Crippen LogP contribution is 2.36. The molecule has 24 heavy (non-hydrogen) atoms. The minimum atomic E-state index is 0.229. The summed E-state index contributed by atoms with van der Waals surface area (Å²) >= 11 is 0. The number of benzene rings is 2. The number of nitrogens with two attached hydrogens (primary N) is 1. The molecule has 126 valence electrons. The zero-order chi connectivity index (χ0) is 17.3. The van der Waals surface area contributed by atoms with Gasteiger partial charge in [-0.1, -0.05) is 44.2 Å². The van der Waals surface area contributed by atoms with Crippen LogP contribution in [0.1, 0.15) is 54.5 Å². The normalized spacial score (nSPS) is 17.5. The number of hydrogen-bond acceptors (Lipinski definition) is 3. The quantitative estimate of drug-likeness (QED) is 0.887. The molecule has 0 saturated carbocycles. The molecule has 0 aromatic heterocycles. The van der Waals surface area contributed by atoms with E-state index in [1.165, 1.54) is 22.3 Å². The molecule has 2 aromatic carbocycles. The number of rotatable bonds is 4. The molecule has 0 saturated heterocycles. The Balaban J connectivity index is 1.95. The van der Waals surface area contributed by atoms with E-state index in [0.717, 1.165) is 17.8 Å². The van der Waals surface area contributed by atoms with E-state index in [4.69, 9.17) is 10.8 Å². The standard InChI is InChI=1S/C21H27N3/c1-14(2)17-6-8-18(9-7-17)21-12-19(13-22)23-24(21)20-10-5-15(3)16(4)11-20/h5-11,14,21H,12-13,22H2,1-4H3.